The molecule has 0 aliphatic carbocycles. The predicted octanol–water partition coefficient (Wildman–Crippen LogP) is 2.96. The van der Waals surface area contributed by atoms with E-state index in [0.717, 1.165) is 0 Å². The Morgan fingerprint density at radius 3 is 2.23 bits per heavy atom. The van der Waals surface area contributed by atoms with E-state index in [2.05, 4.69) is 21.0 Å². The fraction of sp³-hybridized carbons (Fsp3) is 0.833. The summed E-state index contributed by atoms with van der Waals surface area (Å²) in [5.41, 5.74) is 0. The third-order valence-electron chi connectivity index (χ3n) is 1.58. The van der Waals surface area contributed by atoms with Crippen molar-refractivity contribution in [1.29, 1.82) is 0 Å². The Hall–Kier alpha value is 0.620. The summed E-state index contributed by atoms with van der Waals surface area (Å²) in [6.07, 6.45) is 1.51. The molecule has 0 fully saturated rings. The summed E-state index contributed by atoms with van der Waals surface area (Å²) in [6, 6.07) is 0.248. The van der Waals surface area contributed by atoms with E-state index in [-0.39, 0.29) is 11.1 Å². The molecule has 1 rings (SSSR count). The van der Waals surface area contributed by atoms with E-state index in [0.29, 0.717) is 0 Å². The third-order valence-corrected chi connectivity index (χ3v) is 3.03. The second kappa shape index (κ2) is 4.01. The van der Waals surface area contributed by atoms with Crippen molar-refractivity contribution >= 4 is 57.1 Å². The maximum Gasteiger partial charge on any atom is 0.271 e. The Kier molecular flexibility index (Phi) is 3.60. The lowest BCUT2D eigenvalue weighted by Crippen LogP contribution is -2.43. The summed E-state index contributed by atoms with van der Waals surface area (Å²) in [6.45, 7) is 4.01. The molecule has 1 heterocycles. The van der Waals surface area contributed by atoms with E-state index < -0.39 is 3.92 Å². The topological polar surface area (TPSA) is 18.8 Å². The minimum atomic E-state index is -1.47. The molecule has 0 radical (unpaired) electrons. The molecule has 0 aromatic rings. The molecule has 0 bridgehead atoms. The van der Waals surface area contributed by atoms with Crippen LogP contribution in [0, 0.1) is 0 Å². The molecule has 1 unspecified atom stereocenters. The minimum absolute atomic E-state index is 0.208. The Bertz CT molecular complexity index is 216. The lowest BCUT2D eigenvalue weighted by atomic mass is 10.4. The minimum Gasteiger partial charge on any atom is -0.285 e. The number of rotatable bonds is 1. The van der Waals surface area contributed by atoms with Gasteiger partial charge in [0.2, 0.25) is 0 Å². The molecule has 0 spiro atoms. The van der Waals surface area contributed by atoms with Gasteiger partial charge in [0.25, 0.3) is 3.92 Å². The van der Waals surface area contributed by atoms with E-state index in [1.807, 2.05) is 13.8 Å². The van der Waals surface area contributed by atoms with Gasteiger partial charge < -0.3 is 0 Å². The van der Waals surface area contributed by atoms with Gasteiger partial charge in [-0.3, -0.25) is 9.91 Å². The summed E-state index contributed by atoms with van der Waals surface area (Å²) >= 11 is 20.5. The van der Waals surface area contributed by atoms with Crippen LogP contribution >= 0.6 is 50.7 Å². The number of alkyl halides is 4. The quantitative estimate of drug-likeness (QED) is 0.548. The van der Waals surface area contributed by atoms with Crippen molar-refractivity contribution in [2.45, 2.75) is 28.9 Å². The zero-order valence-electron chi connectivity index (χ0n) is 7.09. The largest absolute Gasteiger partial charge is 0.285 e. The monoisotopic (exact) mass is 307 g/mol. The van der Waals surface area contributed by atoms with Crippen molar-refractivity contribution in [2.24, 2.45) is 5.10 Å². The van der Waals surface area contributed by atoms with E-state index in [4.69, 9.17) is 34.8 Å². The first kappa shape index (κ1) is 11.7. The van der Waals surface area contributed by atoms with Crippen LogP contribution in [0.5, 0.6) is 0 Å². The molecule has 0 saturated heterocycles. The molecule has 76 valence electrons. The lowest BCUT2D eigenvalue weighted by Gasteiger charge is -2.32. The van der Waals surface area contributed by atoms with E-state index in [1.165, 1.54) is 11.2 Å². The molecule has 1 aliphatic heterocycles. The van der Waals surface area contributed by atoms with Crippen LogP contribution in [-0.2, 0) is 0 Å². The maximum absolute atomic E-state index is 5.71. The number of halogens is 4. The standard InChI is InChI=1S/C6H9BrCl3N3/c1-4(2)13-5(7)12(3-11-13)6(8,9)10/h3-5H,1-2H3. The van der Waals surface area contributed by atoms with Crippen LogP contribution in [0.25, 0.3) is 0 Å². The van der Waals surface area contributed by atoms with Gasteiger partial charge in [0.05, 0.1) is 0 Å². The van der Waals surface area contributed by atoms with Crippen LogP contribution in [-0.4, -0.2) is 31.3 Å². The molecule has 1 aliphatic rings. The first-order valence-corrected chi connectivity index (χ1v) is 5.70. The summed E-state index contributed by atoms with van der Waals surface area (Å²) in [5.74, 6) is 0. The van der Waals surface area contributed by atoms with Gasteiger partial charge in [-0.05, 0) is 29.8 Å². The van der Waals surface area contributed by atoms with Gasteiger partial charge in [-0.1, -0.05) is 34.8 Å². The van der Waals surface area contributed by atoms with Gasteiger partial charge in [-0.15, -0.1) is 0 Å². The van der Waals surface area contributed by atoms with Gasteiger partial charge in [0, 0.05) is 6.04 Å². The molecule has 1 atom stereocenters. The highest BCUT2D eigenvalue weighted by Gasteiger charge is 2.39. The van der Waals surface area contributed by atoms with E-state index in [1.54, 1.807) is 5.01 Å². The number of hydrogen-bond acceptors (Lipinski definition) is 3. The number of nitrogens with zero attached hydrogens (tertiary/aromatic N) is 3. The number of hydrazone groups is 1. The molecule has 0 aromatic heterocycles. The van der Waals surface area contributed by atoms with Crippen molar-refractivity contribution in [2.75, 3.05) is 0 Å². The molecule has 13 heavy (non-hydrogen) atoms. The molecular weight excluding hydrogens is 300 g/mol. The summed E-state index contributed by atoms with van der Waals surface area (Å²) in [4.78, 5) is 1.50. The van der Waals surface area contributed by atoms with Gasteiger partial charge in [0.1, 0.15) is 6.34 Å². The van der Waals surface area contributed by atoms with Gasteiger partial charge in [-0.25, -0.2) is 0 Å². The molecule has 3 nitrogen and oxygen atoms in total. The normalized spacial score (nSPS) is 23.5. The van der Waals surface area contributed by atoms with Crippen LogP contribution in [0.1, 0.15) is 13.8 Å². The second-order valence-electron chi connectivity index (χ2n) is 2.89. The van der Waals surface area contributed by atoms with Crippen molar-refractivity contribution in [3.63, 3.8) is 0 Å². The fourth-order valence-corrected chi connectivity index (χ4v) is 2.67. The van der Waals surface area contributed by atoms with Crippen LogP contribution in [0.2, 0.25) is 0 Å². The lowest BCUT2D eigenvalue weighted by molar-refractivity contribution is 0.171. The first-order valence-electron chi connectivity index (χ1n) is 3.65. The molecule has 0 saturated carbocycles. The molecule has 0 aromatic carbocycles. The number of hydrogen-bond donors (Lipinski definition) is 0. The third kappa shape index (κ3) is 2.55. The SMILES string of the molecule is CC(C)N1N=CN(C(Cl)(Cl)Cl)C1Br. The summed E-state index contributed by atoms with van der Waals surface area (Å²) in [5, 5.41) is 5.68. The van der Waals surface area contributed by atoms with Crippen molar-refractivity contribution in [1.82, 2.24) is 9.91 Å². The highest BCUT2D eigenvalue weighted by atomic mass is 79.9. The van der Waals surface area contributed by atoms with Gasteiger partial charge >= 0.3 is 0 Å². The van der Waals surface area contributed by atoms with Crippen LogP contribution in [0.15, 0.2) is 5.10 Å². The average molecular weight is 309 g/mol. The van der Waals surface area contributed by atoms with Crippen molar-refractivity contribution in [3.8, 4) is 0 Å². The summed E-state index contributed by atoms with van der Waals surface area (Å²) in [7, 11) is 0. The van der Waals surface area contributed by atoms with Crippen molar-refractivity contribution in [3.05, 3.63) is 0 Å². The fourth-order valence-electron chi connectivity index (χ4n) is 0.918. The zero-order chi connectivity index (χ0) is 10.2. The highest BCUT2D eigenvalue weighted by molar-refractivity contribution is 9.09. The zero-order valence-corrected chi connectivity index (χ0v) is 10.9. The van der Waals surface area contributed by atoms with Crippen LogP contribution in [0.3, 0.4) is 0 Å². The Labute approximate surface area is 101 Å². The molecule has 0 amide bonds. The molecule has 7 heteroatoms. The van der Waals surface area contributed by atoms with Crippen LogP contribution < -0.4 is 0 Å². The van der Waals surface area contributed by atoms with E-state index in [9.17, 15) is 0 Å². The molecular formula is C6H9BrCl3N3. The van der Waals surface area contributed by atoms with Crippen LogP contribution in [0.4, 0.5) is 0 Å². The van der Waals surface area contributed by atoms with Crippen molar-refractivity contribution < 1.29 is 0 Å². The Balaban J connectivity index is 2.72. The smallest absolute Gasteiger partial charge is 0.271 e. The predicted molar refractivity (Wildman–Crippen MR) is 60.3 cm³/mol. The Morgan fingerprint density at radius 1 is 1.46 bits per heavy atom. The average Bonchev–Trinajstić information content (AvgIpc) is 2.28. The first-order chi connectivity index (χ1) is 5.84. The van der Waals surface area contributed by atoms with Gasteiger partial charge in [0.15, 0.2) is 5.08 Å². The maximum atomic E-state index is 5.71. The summed E-state index contributed by atoms with van der Waals surface area (Å²) < 4.78 is -1.47. The highest BCUT2D eigenvalue weighted by Crippen LogP contribution is 2.36. The second-order valence-corrected chi connectivity index (χ2v) is 5.93. The Morgan fingerprint density at radius 2 is 2.00 bits per heavy atom. The molecule has 0 N–H and O–H groups in total. The van der Waals surface area contributed by atoms with E-state index >= 15 is 0 Å². The van der Waals surface area contributed by atoms with Gasteiger partial charge in [-0.2, -0.15) is 5.10 Å².